The van der Waals surface area contributed by atoms with Gasteiger partial charge in [-0.05, 0) is 48.0 Å². The summed E-state index contributed by atoms with van der Waals surface area (Å²) in [6, 6.07) is 55.2. The number of nitrogens with zero attached hydrogens (tertiary/aromatic N) is 5. The summed E-state index contributed by atoms with van der Waals surface area (Å²) < 4.78 is 4.51. The predicted octanol–water partition coefficient (Wildman–Crippen LogP) is 10.6. The zero-order valence-electron chi connectivity index (χ0n) is 25.8. The van der Waals surface area contributed by atoms with Crippen LogP contribution in [0.4, 0.5) is 0 Å². The van der Waals surface area contributed by atoms with Crippen molar-refractivity contribution in [2.75, 3.05) is 0 Å². The minimum absolute atomic E-state index is 0.648. The molecule has 4 aromatic heterocycles. The molecule has 0 atom stereocenters. The summed E-state index contributed by atoms with van der Waals surface area (Å²) in [5, 5.41) is 5.65. The molecule has 224 valence electrons. The highest BCUT2D eigenvalue weighted by atomic mass is 15.2. The lowest BCUT2D eigenvalue weighted by Crippen LogP contribution is -2.04. The van der Waals surface area contributed by atoms with Crippen molar-refractivity contribution < 1.29 is 0 Å². The molecule has 0 unspecified atom stereocenters. The second-order valence-corrected chi connectivity index (χ2v) is 12.1. The maximum absolute atomic E-state index is 5.32. The molecule has 48 heavy (non-hydrogen) atoms. The summed E-state index contributed by atoms with van der Waals surface area (Å²) in [5.74, 6) is 0.648. The van der Waals surface area contributed by atoms with Crippen molar-refractivity contribution in [3.8, 4) is 34.0 Å². The van der Waals surface area contributed by atoms with Crippen LogP contribution in [0.3, 0.4) is 0 Å². The van der Waals surface area contributed by atoms with Crippen LogP contribution in [-0.4, -0.2) is 24.1 Å². The van der Waals surface area contributed by atoms with Gasteiger partial charge in [0.1, 0.15) is 5.65 Å². The Morgan fingerprint density at radius 2 is 1.15 bits per heavy atom. The summed E-state index contributed by atoms with van der Waals surface area (Å²) in [5.41, 5.74) is 10.4. The molecule has 5 nitrogen and oxygen atoms in total. The molecule has 0 aliphatic heterocycles. The van der Waals surface area contributed by atoms with Gasteiger partial charge in [-0.1, -0.05) is 115 Å². The summed E-state index contributed by atoms with van der Waals surface area (Å²) in [7, 11) is 0. The first kappa shape index (κ1) is 26.6. The average Bonchev–Trinajstić information content (AvgIpc) is 3.68. The second kappa shape index (κ2) is 10.5. The highest BCUT2D eigenvalue weighted by Crippen LogP contribution is 2.40. The molecular formula is C43H27N5. The molecule has 5 heteroatoms. The third-order valence-electron chi connectivity index (χ3n) is 9.39. The van der Waals surface area contributed by atoms with E-state index in [1.54, 1.807) is 0 Å². The minimum atomic E-state index is 0.648. The highest BCUT2D eigenvalue weighted by molar-refractivity contribution is 6.15. The van der Waals surface area contributed by atoms with Gasteiger partial charge < -0.3 is 0 Å². The van der Waals surface area contributed by atoms with Crippen LogP contribution in [0.1, 0.15) is 0 Å². The van der Waals surface area contributed by atoms with Gasteiger partial charge in [-0.15, -0.1) is 0 Å². The quantitative estimate of drug-likeness (QED) is 0.198. The standard InChI is InChI=1S/C43H27N5/c1-3-13-28(14-4-1)40-36-18-7-9-22-37(36)45-43(46-40)48-38-23-10-8-17-32(38)34-20-11-19-31(41(34)48)29-24-25-33-35-21-12-26-44-42(35)47(39(33)27-29)30-15-5-2-6-16-30/h1-27H. The number of benzene rings is 6. The second-order valence-electron chi connectivity index (χ2n) is 12.1. The van der Waals surface area contributed by atoms with E-state index < -0.39 is 0 Å². The summed E-state index contributed by atoms with van der Waals surface area (Å²) in [6.07, 6.45) is 1.87. The summed E-state index contributed by atoms with van der Waals surface area (Å²) in [4.78, 5) is 15.4. The first-order chi connectivity index (χ1) is 23.8. The molecule has 0 amide bonds. The number of fused-ring (bicyclic) bond motifs is 7. The molecule has 0 spiro atoms. The largest absolute Gasteiger partial charge is 0.294 e. The molecule has 0 aliphatic rings. The van der Waals surface area contributed by atoms with Gasteiger partial charge in [0.2, 0.25) is 5.95 Å². The predicted molar refractivity (Wildman–Crippen MR) is 197 cm³/mol. The van der Waals surface area contributed by atoms with Gasteiger partial charge in [-0.25, -0.2) is 15.0 Å². The van der Waals surface area contributed by atoms with Crippen LogP contribution in [0, 0.1) is 0 Å². The zero-order valence-corrected chi connectivity index (χ0v) is 25.8. The fourth-order valence-corrected chi connectivity index (χ4v) is 7.29. The summed E-state index contributed by atoms with van der Waals surface area (Å²) in [6.45, 7) is 0. The molecule has 0 fully saturated rings. The van der Waals surface area contributed by atoms with Crippen LogP contribution in [0.5, 0.6) is 0 Å². The van der Waals surface area contributed by atoms with E-state index in [1.165, 1.54) is 5.39 Å². The van der Waals surface area contributed by atoms with Gasteiger partial charge in [-0.2, -0.15) is 0 Å². The number of aromatic nitrogens is 5. The topological polar surface area (TPSA) is 48.5 Å². The number of hydrogen-bond donors (Lipinski definition) is 0. The number of hydrogen-bond acceptors (Lipinski definition) is 3. The zero-order chi connectivity index (χ0) is 31.6. The number of rotatable bonds is 4. The number of para-hydroxylation sites is 4. The fraction of sp³-hybridized carbons (Fsp3) is 0. The molecular weight excluding hydrogens is 587 g/mol. The van der Waals surface area contributed by atoms with Gasteiger partial charge in [0.15, 0.2) is 0 Å². The maximum atomic E-state index is 5.32. The molecule has 10 aromatic rings. The van der Waals surface area contributed by atoms with E-state index in [0.29, 0.717) is 5.95 Å². The lowest BCUT2D eigenvalue weighted by Gasteiger charge is -2.14. The van der Waals surface area contributed by atoms with Crippen LogP contribution in [0.25, 0.3) is 88.7 Å². The Morgan fingerprint density at radius 1 is 0.438 bits per heavy atom. The van der Waals surface area contributed by atoms with Gasteiger partial charge in [0.25, 0.3) is 0 Å². The van der Waals surface area contributed by atoms with E-state index in [4.69, 9.17) is 15.0 Å². The molecule has 6 aromatic carbocycles. The minimum Gasteiger partial charge on any atom is -0.294 e. The maximum Gasteiger partial charge on any atom is 0.235 e. The van der Waals surface area contributed by atoms with Crippen LogP contribution < -0.4 is 0 Å². The third kappa shape index (κ3) is 3.94. The van der Waals surface area contributed by atoms with Crippen molar-refractivity contribution in [2.45, 2.75) is 0 Å². The van der Waals surface area contributed by atoms with E-state index in [-0.39, 0.29) is 0 Å². The first-order valence-corrected chi connectivity index (χ1v) is 16.1. The van der Waals surface area contributed by atoms with E-state index in [1.807, 2.05) is 30.5 Å². The molecule has 4 heterocycles. The Kier molecular flexibility index (Phi) is 5.81. The van der Waals surface area contributed by atoms with Gasteiger partial charge in [0, 0.05) is 49.9 Å². The Labute approximate surface area is 276 Å². The van der Waals surface area contributed by atoms with Gasteiger partial charge >= 0.3 is 0 Å². The van der Waals surface area contributed by atoms with Crippen LogP contribution in [-0.2, 0) is 0 Å². The van der Waals surface area contributed by atoms with Crippen molar-refractivity contribution >= 4 is 54.6 Å². The van der Waals surface area contributed by atoms with Crippen LogP contribution >= 0.6 is 0 Å². The number of pyridine rings is 1. The first-order valence-electron chi connectivity index (χ1n) is 16.1. The van der Waals surface area contributed by atoms with Crippen molar-refractivity contribution in [3.63, 3.8) is 0 Å². The SMILES string of the molecule is c1ccc(-c2nc(-n3c4ccccc4c4cccc(-c5ccc6c7cccnc7n(-c7ccccc7)c6c5)c43)nc3ccccc23)cc1. The Hall–Kier alpha value is -6.59. The fourth-order valence-electron chi connectivity index (χ4n) is 7.29. The Balaban J connectivity index is 1.30. The Morgan fingerprint density at radius 3 is 2.02 bits per heavy atom. The van der Waals surface area contributed by atoms with E-state index in [9.17, 15) is 0 Å². The van der Waals surface area contributed by atoms with Crippen molar-refractivity contribution in [1.82, 2.24) is 24.1 Å². The van der Waals surface area contributed by atoms with Crippen molar-refractivity contribution in [2.24, 2.45) is 0 Å². The highest BCUT2D eigenvalue weighted by Gasteiger charge is 2.21. The smallest absolute Gasteiger partial charge is 0.235 e. The van der Waals surface area contributed by atoms with Crippen LogP contribution in [0.15, 0.2) is 164 Å². The molecule has 0 saturated heterocycles. The van der Waals surface area contributed by atoms with E-state index >= 15 is 0 Å². The monoisotopic (exact) mass is 613 g/mol. The molecule has 0 saturated carbocycles. The molecule has 0 N–H and O–H groups in total. The summed E-state index contributed by atoms with van der Waals surface area (Å²) >= 11 is 0. The molecule has 0 radical (unpaired) electrons. The van der Waals surface area contributed by atoms with E-state index in [0.717, 1.165) is 77.3 Å². The van der Waals surface area contributed by atoms with Gasteiger partial charge in [-0.3, -0.25) is 9.13 Å². The molecule has 0 aliphatic carbocycles. The van der Waals surface area contributed by atoms with Crippen LogP contribution in [0.2, 0.25) is 0 Å². The van der Waals surface area contributed by atoms with Crippen molar-refractivity contribution in [1.29, 1.82) is 0 Å². The van der Waals surface area contributed by atoms with Crippen molar-refractivity contribution in [3.05, 3.63) is 164 Å². The normalized spacial score (nSPS) is 11.8. The Bertz CT molecular complexity index is 2830. The third-order valence-corrected chi connectivity index (χ3v) is 9.39. The lowest BCUT2D eigenvalue weighted by molar-refractivity contribution is 1.01. The molecule has 10 rings (SSSR count). The van der Waals surface area contributed by atoms with E-state index in [2.05, 4.69) is 143 Å². The lowest BCUT2D eigenvalue weighted by atomic mass is 10.0. The molecule has 0 bridgehead atoms. The average molecular weight is 614 g/mol. The van der Waals surface area contributed by atoms with Gasteiger partial charge in [0.05, 0.1) is 27.8 Å².